The quantitative estimate of drug-likeness (QED) is 0.940. The van der Waals surface area contributed by atoms with E-state index < -0.39 is 11.9 Å². The van der Waals surface area contributed by atoms with Gasteiger partial charge in [-0.3, -0.25) is 0 Å². The highest BCUT2D eigenvalue weighted by atomic mass is 32.1. The minimum absolute atomic E-state index is 0.0600. The van der Waals surface area contributed by atoms with Gasteiger partial charge in [0, 0.05) is 17.3 Å². The van der Waals surface area contributed by atoms with Crippen LogP contribution >= 0.6 is 11.3 Å². The summed E-state index contributed by atoms with van der Waals surface area (Å²) in [5.41, 5.74) is -0.0915. The molecule has 0 aliphatic carbocycles. The van der Waals surface area contributed by atoms with Gasteiger partial charge in [0.05, 0.1) is 6.04 Å². The van der Waals surface area contributed by atoms with Gasteiger partial charge in [0.15, 0.2) is 0 Å². The molecule has 0 saturated carbocycles. The van der Waals surface area contributed by atoms with Gasteiger partial charge in [-0.2, -0.15) is 13.2 Å². The molecule has 0 aromatic carbocycles. The van der Waals surface area contributed by atoms with Gasteiger partial charge < -0.3 is 5.32 Å². The molecule has 2 aromatic rings. The van der Waals surface area contributed by atoms with Crippen molar-refractivity contribution in [1.82, 2.24) is 15.0 Å². The van der Waals surface area contributed by atoms with Gasteiger partial charge >= 0.3 is 6.18 Å². The van der Waals surface area contributed by atoms with E-state index in [1.54, 1.807) is 6.92 Å². The van der Waals surface area contributed by atoms with Crippen LogP contribution in [0.2, 0.25) is 0 Å². The first-order valence-corrected chi connectivity index (χ1v) is 6.33. The van der Waals surface area contributed by atoms with Gasteiger partial charge in [0.2, 0.25) is 5.95 Å². The second-order valence-corrected chi connectivity index (χ2v) is 4.85. The van der Waals surface area contributed by atoms with Crippen LogP contribution in [-0.4, -0.2) is 15.0 Å². The topological polar surface area (TPSA) is 50.7 Å². The molecule has 0 spiro atoms. The van der Waals surface area contributed by atoms with Crippen LogP contribution in [0.1, 0.15) is 29.4 Å². The molecule has 1 unspecified atom stereocenters. The van der Waals surface area contributed by atoms with E-state index >= 15 is 0 Å². The summed E-state index contributed by atoms with van der Waals surface area (Å²) < 4.78 is 37.5. The molecular weight excluding hydrogens is 277 g/mol. The molecule has 0 radical (unpaired) electrons. The van der Waals surface area contributed by atoms with Gasteiger partial charge in [-0.15, -0.1) is 11.3 Å². The zero-order chi connectivity index (χ0) is 14.0. The summed E-state index contributed by atoms with van der Waals surface area (Å²) in [5.74, 6) is -0.0600. The molecule has 2 heterocycles. The summed E-state index contributed by atoms with van der Waals surface area (Å²) in [6.07, 6.45) is -3.39. The van der Waals surface area contributed by atoms with Crippen LogP contribution in [0.25, 0.3) is 0 Å². The highest BCUT2D eigenvalue weighted by molar-refractivity contribution is 7.09. The van der Waals surface area contributed by atoms with Crippen molar-refractivity contribution in [3.8, 4) is 0 Å². The van der Waals surface area contributed by atoms with Crippen molar-refractivity contribution in [3.05, 3.63) is 34.0 Å². The maximum atomic E-state index is 12.5. The monoisotopic (exact) mass is 288 g/mol. The summed E-state index contributed by atoms with van der Waals surface area (Å²) in [6.45, 7) is 3.65. The van der Waals surface area contributed by atoms with Crippen molar-refractivity contribution < 1.29 is 13.2 Å². The Bertz CT molecular complexity index is 567. The number of thiazole rings is 1. The minimum atomic E-state index is -4.47. The first kappa shape index (κ1) is 13.7. The van der Waals surface area contributed by atoms with E-state index in [0.29, 0.717) is 0 Å². The molecule has 0 fully saturated rings. The van der Waals surface area contributed by atoms with Gasteiger partial charge in [0.25, 0.3) is 0 Å². The first-order valence-electron chi connectivity index (χ1n) is 5.45. The van der Waals surface area contributed by atoms with Crippen molar-refractivity contribution in [3.63, 3.8) is 0 Å². The predicted molar refractivity (Wildman–Crippen MR) is 65.9 cm³/mol. The maximum Gasteiger partial charge on any atom is 0.433 e. The van der Waals surface area contributed by atoms with Crippen molar-refractivity contribution in [1.29, 1.82) is 0 Å². The Morgan fingerprint density at radius 1 is 1.32 bits per heavy atom. The van der Waals surface area contributed by atoms with Crippen LogP contribution in [-0.2, 0) is 6.18 Å². The fourth-order valence-corrected chi connectivity index (χ4v) is 2.22. The molecule has 1 N–H and O–H groups in total. The Kier molecular flexibility index (Phi) is 3.70. The number of aromatic nitrogens is 3. The summed E-state index contributed by atoms with van der Waals surface area (Å²) in [7, 11) is 0. The molecular formula is C11H11F3N4S. The van der Waals surface area contributed by atoms with Gasteiger partial charge in [-0.25, -0.2) is 15.0 Å². The lowest BCUT2D eigenvalue weighted by atomic mass is 10.3. The third-order valence-corrected chi connectivity index (χ3v) is 3.44. The highest BCUT2D eigenvalue weighted by Gasteiger charge is 2.32. The first-order chi connectivity index (χ1) is 8.86. The number of aryl methyl sites for hydroxylation is 1. The van der Waals surface area contributed by atoms with E-state index in [4.69, 9.17) is 0 Å². The molecule has 0 saturated heterocycles. The van der Waals surface area contributed by atoms with Crippen molar-refractivity contribution in [2.24, 2.45) is 0 Å². The van der Waals surface area contributed by atoms with E-state index in [-0.39, 0.29) is 12.0 Å². The van der Waals surface area contributed by atoms with Crippen LogP contribution in [0.5, 0.6) is 0 Å². The SMILES string of the molecule is Cc1csc(C(C)Nc2nccc(C(F)(F)F)n2)n1. The number of halogens is 3. The van der Waals surface area contributed by atoms with Gasteiger partial charge in [-0.1, -0.05) is 0 Å². The average Bonchev–Trinajstić information content (AvgIpc) is 2.75. The number of rotatable bonds is 3. The number of alkyl halides is 3. The smallest absolute Gasteiger partial charge is 0.345 e. The normalized spacial score (nSPS) is 13.3. The van der Waals surface area contributed by atoms with E-state index in [2.05, 4.69) is 20.3 Å². The summed E-state index contributed by atoms with van der Waals surface area (Å²) >= 11 is 1.44. The van der Waals surface area contributed by atoms with E-state index in [9.17, 15) is 13.2 Å². The number of anilines is 1. The second kappa shape index (κ2) is 5.12. The van der Waals surface area contributed by atoms with Crippen molar-refractivity contribution in [2.45, 2.75) is 26.1 Å². The van der Waals surface area contributed by atoms with Gasteiger partial charge in [0.1, 0.15) is 10.7 Å². The van der Waals surface area contributed by atoms with Crippen LogP contribution in [0.3, 0.4) is 0 Å². The molecule has 1 atom stereocenters. The minimum Gasteiger partial charge on any atom is -0.345 e. The molecule has 4 nitrogen and oxygen atoms in total. The van der Waals surface area contributed by atoms with E-state index in [0.717, 1.165) is 23.0 Å². The van der Waals surface area contributed by atoms with Crippen LogP contribution in [0.15, 0.2) is 17.6 Å². The van der Waals surface area contributed by atoms with E-state index in [1.807, 2.05) is 12.3 Å². The number of hydrogen-bond donors (Lipinski definition) is 1. The molecule has 8 heteroatoms. The number of nitrogens with one attached hydrogen (secondary N) is 1. The molecule has 0 bridgehead atoms. The summed E-state index contributed by atoms with van der Waals surface area (Å²) in [5, 5.41) is 5.46. The highest BCUT2D eigenvalue weighted by Crippen LogP contribution is 2.28. The third-order valence-electron chi connectivity index (χ3n) is 2.30. The molecule has 0 aliphatic rings. The maximum absolute atomic E-state index is 12.5. The Morgan fingerprint density at radius 3 is 2.63 bits per heavy atom. The van der Waals surface area contributed by atoms with E-state index in [1.165, 1.54) is 11.3 Å². The lowest BCUT2D eigenvalue weighted by Gasteiger charge is -2.12. The Morgan fingerprint density at radius 2 is 2.05 bits per heavy atom. The standard InChI is InChI=1S/C11H11F3N4S/c1-6-5-19-9(16-6)7(2)17-10-15-4-3-8(18-10)11(12,13)14/h3-5,7H,1-2H3,(H,15,17,18). The zero-order valence-corrected chi connectivity index (χ0v) is 11.0. The summed E-state index contributed by atoms with van der Waals surface area (Å²) in [6, 6.07) is 0.589. The largest absolute Gasteiger partial charge is 0.433 e. The van der Waals surface area contributed by atoms with Crippen LogP contribution < -0.4 is 5.32 Å². The molecule has 19 heavy (non-hydrogen) atoms. The molecule has 2 rings (SSSR count). The number of hydrogen-bond acceptors (Lipinski definition) is 5. The van der Waals surface area contributed by atoms with Crippen molar-refractivity contribution >= 4 is 17.3 Å². The van der Waals surface area contributed by atoms with Crippen LogP contribution in [0, 0.1) is 6.92 Å². The zero-order valence-electron chi connectivity index (χ0n) is 10.2. The molecule has 2 aromatic heterocycles. The van der Waals surface area contributed by atoms with Crippen LogP contribution in [0.4, 0.5) is 19.1 Å². The van der Waals surface area contributed by atoms with Crippen molar-refractivity contribution in [2.75, 3.05) is 5.32 Å². The fourth-order valence-electron chi connectivity index (χ4n) is 1.41. The van der Waals surface area contributed by atoms with Gasteiger partial charge in [-0.05, 0) is 19.9 Å². The number of nitrogens with zero attached hydrogens (tertiary/aromatic N) is 3. The lowest BCUT2D eigenvalue weighted by Crippen LogP contribution is -2.13. The molecule has 0 amide bonds. The second-order valence-electron chi connectivity index (χ2n) is 3.96. The molecule has 102 valence electrons. The summed E-state index contributed by atoms with van der Waals surface area (Å²) in [4.78, 5) is 11.5. The lowest BCUT2D eigenvalue weighted by molar-refractivity contribution is -0.141. The fraction of sp³-hybridized carbons (Fsp3) is 0.364. The Balaban J connectivity index is 2.15. The Labute approximate surface area is 111 Å². The molecule has 0 aliphatic heterocycles. The Hall–Kier alpha value is -1.70. The predicted octanol–water partition coefficient (Wildman–Crippen LogP) is 3.43. The third kappa shape index (κ3) is 3.40. The average molecular weight is 288 g/mol.